The molecule has 1 atom stereocenters. The van der Waals surface area contributed by atoms with Crippen molar-refractivity contribution in [3.63, 3.8) is 0 Å². The van der Waals surface area contributed by atoms with Gasteiger partial charge < -0.3 is 5.11 Å². The fraction of sp³-hybridized carbons (Fsp3) is 0.833. The number of alkyl halides is 1. The van der Waals surface area contributed by atoms with Crippen LogP contribution < -0.4 is 0 Å². The molecule has 0 aliphatic heterocycles. The molecule has 0 fully saturated rings. The minimum absolute atomic E-state index is 0.363. The molecule has 0 aliphatic rings. The van der Waals surface area contributed by atoms with Crippen LogP contribution in [-0.4, -0.2) is 20.8 Å². The van der Waals surface area contributed by atoms with Crippen molar-refractivity contribution in [1.82, 2.24) is 0 Å². The summed E-state index contributed by atoms with van der Waals surface area (Å²) in [5, 5.41) is 7.42. The Morgan fingerprint density at radius 2 is 2.18 bits per heavy atom. The second-order valence-corrected chi connectivity index (χ2v) is 5.58. The molecule has 0 aliphatic carbocycles. The molecule has 0 saturated carbocycles. The zero-order chi connectivity index (χ0) is 9.28. The SMILES string of the molecule is CC(=O)O.CC[CH]([Hg])OCCl. The number of carboxylic acid groups (broad SMARTS) is 1. The van der Waals surface area contributed by atoms with Crippen LogP contribution in [-0.2, 0) is 35.7 Å². The van der Waals surface area contributed by atoms with E-state index in [9.17, 15) is 0 Å². The van der Waals surface area contributed by atoms with Crippen molar-refractivity contribution in [2.75, 3.05) is 6.07 Å². The fourth-order valence-electron chi connectivity index (χ4n) is 0.207. The first-order valence-corrected chi connectivity index (χ1v) is 6.95. The van der Waals surface area contributed by atoms with E-state index in [1.165, 1.54) is 0 Å². The molecule has 1 unspecified atom stereocenters. The molecule has 1 N–H and O–H groups in total. The van der Waals surface area contributed by atoms with Crippen molar-refractivity contribution < 1.29 is 40.8 Å². The van der Waals surface area contributed by atoms with Gasteiger partial charge in [0.25, 0.3) is 5.97 Å². The van der Waals surface area contributed by atoms with E-state index in [0.717, 1.165) is 39.5 Å². The number of carbonyl (C=O) groups is 1. The van der Waals surface area contributed by atoms with Gasteiger partial charge in [-0.3, -0.25) is 4.79 Å². The second-order valence-electron chi connectivity index (χ2n) is 1.83. The molecule has 0 heterocycles. The van der Waals surface area contributed by atoms with Crippen LogP contribution in [0, 0.1) is 0 Å². The van der Waals surface area contributed by atoms with E-state index in [0.29, 0.717) is 9.68 Å². The molecule has 0 amide bonds. The Labute approximate surface area is 88.0 Å². The summed E-state index contributed by atoms with van der Waals surface area (Å²) >= 11 is 6.01. The van der Waals surface area contributed by atoms with Crippen molar-refractivity contribution in [3.05, 3.63) is 0 Å². The van der Waals surface area contributed by atoms with Crippen molar-refractivity contribution in [3.8, 4) is 0 Å². The van der Waals surface area contributed by atoms with Gasteiger partial charge in [0, 0.05) is 6.92 Å². The summed E-state index contributed by atoms with van der Waals surface area (Å²) < 4.78 is 5.55. The number of hydrogen-bond acceptors (Lipinski definition) is 2. The van der Waals surface area contributed by atoms with Gasteiger partial charge in [0.2, 0.25) is 0 Å². The van der Waals surface area contributed by atoms with Crippen molar-refractivity contribution >= 4 is 17.6 Å². The first kappa shape index (κ1) is 14.2. The molecular formula is C6H12ClHgO3. The number of hydrogen-bond donors (Lipinski definition) is 1. The molecule has 0 aromatic heterocycles. The normalized spacial score (nSPS) is 11.4. The molecule has 11 heavy (non-hydrogen) atoms. The van der Waals surface area contributed by atoms with Crippen LogP contribution in [0.3, 0.4) is 0 Å². The molecule has 0 aromatic carbocycles. The predicted octanol–water partition coefficient (Wildman–Crippen LogP) is 1.57. The number of ether oxygens (including phenoxy) is 1. The standard InChI is InChI=1S/C4H8ClO.C2H4O2.Hg/c1-2-3-6-4-5;1-2(3)4;/h3H,2,4H2,1H3;1H3,(H,3,4);. The van der Waals surface area contributed by atoms with Crippen LogP contribution in [0.2, 0.25) is 0 Å². The van der Waals surface area contributed by atoms with Crippen LogP contribution in [0.4, 0.5) is 0 Å². The molecular weight excluding hydrogens is 356 g/mol. The van der Waals surface area contributed by atoms with E-state index < -0.39 is 5.97 Å². The molecule has 0 saturated heterocycles. The Kier molecular flexibility index (Phi) is 13.7. The van der Waals surface area contributed by atoms with Gasteiger partial charge in [0.15, 0.2) is 0 Å². The summed E-state index contributed by atoms with van der Waals surface area (Å²) in [4.78, 5) is 9.00. The predicted molar refractivity (Wildman–Crippen MR) is 39.2 cm³/mol. The minimum atomic E-state index is -0.833. The Morgan fingerprint density at radius 1 is 1.82 bits per heavy atom. The molecule has 0 bridgehead atoms. The van der Waals surface area contributed by atoms with E-state index in [1.807, 2.05) is 0 Å². The Hall–Kier alpha value is 0.655. The van der Waals surface area contributed by atoms with Crippen LogP contribution in [0.1, 0.15) is 20.3 Å². The molecule has 0 spiro atoms. The third-order valence-corrected chi connectivity index (χ3v) is 4.04. The monoisotopic (exact) mass is 369 g/mol. The van der Waals surface area contributed by atoms with Gasteiger partial charge in [-0.15, -0.1) is 0 Å². The number of carboxylic acids is 1. The summed E-state index contributed by atoms with van der Waals surface area (Å²) in [7, 11) is 0. The molecule has 0 rings (SSSR count). The third-order valence-electron chi connectivity index (χ3n) is 0.754. The summed E-state index contributed by atoms with van der Waals surface area (Å²) in [5.74, 6) is -0.833. The van der Waals surface area contributed by atoms with Gasteiger partial charge >= 0.3 is 65.5 Å². The van der Waals surface area contributed by atoms with Gasteiger partial charge in [-0.05, 0) is 0 Å². The van der Waals surface area contributed by atoms with E-state index in [4.69, 9.17) is 26.2 Å². The van der Waals surface area contributed by atoms with E-state index in [1.54, 1.807) is 0 Å². The van der Waals surface area contributed by atoms with Crippen LogP contribution in [0.25, 0.3) is 0 Å². The van der Waals surface area contributed by atoms with Gasteiger partial charge in [-0.1, -0.05) is 0 Å². The van der Waals surface area contributed by atoms with E-state index in [-0.39, 0.29) is 0 Å². The summed E-state index contributed by atoms with van der Waals surface area (Å²) in [6, 6.07) is 0.363. The zero-order valence-corrected chi connectivity index (χ0v) is 13.1. The number of halogens is 1. The first-order chi connectivity index (χ1) is 5.04. The van der Waals surface area contributed by atoms with Gasteiger partial charge in [0.05, 0.1) is 0 Å². The van der Waals surface area contributed by atoms with E-state index >= 15 is 0 Å². The fourth-order valence-corrected chi connectivity index (χ4v) is 1.42. The average molecular weight is 368 g/mol. The summed E-state index contributed by atoms with van der Waals surface area (Å²) in [6.07, 6.45) is 1.12. The third kappa shape index (κ3) is 25.0. The van der Waals surface area contributed by atoms with Gasteiger partial charge in [-0.2, -0.15) is 0 Å². The Bertz CT molecular complexity index is 95.8. The van der Waals surface area contributed by atoms with Crippen molar-refractivity contribution in [2.45, 2.75) is 23.9 Å². The Balaban J connectivity index is 0. The van der Waals surface area contributed by atoms with Crippen molar-refractivity contribution in [1.29, 1.82) is 0 Å². The van der Waals surface area contributed by atoms with Crippen LogP contribution in [0.5, 0.6) is 0 Å². The van der Waals surface area contributed by atoms with Gasteiger partial charge in [0.1, 0.15) is 0 Å². The average Bonchev–Trinajstić information content (AvgIpc) is 1.87. The maximum absolute atomic E-state index is 9.00. The molecule has 3 nitrogen and oxygen atoms in total. The van der Waals surface area contributed by atoms with Crippen LogP contribution >= 0.6 is 11.6 Å². The molecule has 0 aromatic rings. The maximum atomic E-state index is 9.00. The molecule has 63 valence electrons. The second kappa shape index (κ2) is 10.7. The van der Waals surface area contributed by atoms with Crippen LogP contribution in [0.15, 0.2) is 0 Å². The topological polar surface area (TPSA) is 46.5 Å². The number of rotatable bonds is 3. The Morgan fingerprint density at radius 3 is 2.27 bits per heavy atom. The molecule has 5 heteroatoms. The molecule has 0 radical (unpaired) electrons. The van der Waals surface area contributed by atoms with Crippen molar-refractivity contribution in [2.24, 2.45) is 0 Å². The quantitative estimate of drug-likeness (QED) is 0.608. The number of aliphatic carboxylic acids is 1. The first-order valence-electron chi connectivity index (χ1n) is 3.24. The summed E-state index contributed by atoms with van der Waals surface area (Å²) in [6.45, 7) is 3.20. The summed E-state index contributed by atoms with van der Waals surface area (Å²) in [5.41, 5.74) is 0. The zero-order valence-electron chi connectivity index (χ0n) is 6.84. The van der Waals surface area contributed by atoms with E-state index in [2.05, 4.69) is 6.92 Å². The van der Waals surface area contributed by atoms with Gasteiger partial charge in [-0.25, -0.2) is 0 Å².